The van der Waals surface area contributed by atoms with Crippen molar-refractivity contribution in [3.8, 4) is 0 Å². The van der Waals surface area contributed by atoms with E-state index in [0.717, 1.165) is 12.8 Å². The molecule has 0 aliphatic heterocycles. The number of rotatable bonds is 1. The van der Waals surface area contributed by atoms with Gasteiger partial charge >= 0.3 is 0 Å². The second-order valence-corrected chi connectivity index (χ2v) is 5.48. The van der Waals surface area contributed by atoms with E-state index in [-0.39, 0.29) is 0 Å². The Morgan fingerprint density at radius 2 is 1.75 bits per heavy atom. The van der Waals surface area contributed by atoms with E-state index < -0.39 is 0 Å². The summed E-state index contributed by atoms with van der Waals surface area (Å²) >= 11 is 0. The first kappa shape index (κ1) is 11.5. The predicted molar refractivity (Wildman–Crippen MR) is 86.8 cm³/mol. The maximum Gasteiger partial charge on any atom is 0.0543 e. The van der Waals surface area contributed by atoms with E-state index in [9.17, 15) is 0 Å². The Morgan fingerprint density at radius 1 is 0.900 bits per heavy atom. The molecule has 2 aromatic carbocycles. The second-order valence-electron chi connectivity index (χ2n) is 5.48. The lowest BCUT2D eigenvalue weighted by atomic mass is 10.1. The van der Waals surface area contributed by atoms with Crippen LogP contribution in [0.15, 0.2) is 60.7 Å². The van der Waals surface area contributed by atoms with Gasteiger partial charge < -0.3 is 4.57 Å². The van der Waals surface area contributed by atoms with Crippen LogP contribution < -0.4 is 0 Å². The molecule has 0 radical (unpaired) electrons. The Balaban J connectivity index is 2.17. The molecular weight excluding hydrogens is 242 g/mol. The molecule has 1 heterocycles. The monoisotopic (exact) mass is 259 g/mol. The minimum absolute atomic E-state index is 1.13. The van der Waals surface area contributed by atoms with Crippen LogP contribution in [0.5, 0.6) is 0 Å². The molecule has 0 unspecified atom stereocenters. The fourth-order valence-electron chi connectivity index (χ4n) is 3.12. The minimum atomic E-state index is 1.13. The Morgan fingerprint density at radius 3 is 2.60 bits per heavy atom. The Bertz CT molecular complexity index is 862. The zero-order valence-corrected chi connectivity index (χ0v) is 11.6. The molecular formula is C19H17N. The molecule has 20 heavy (non-hydrogen) atoms. The van der Waals surface area contributed by atoms with E-state index in [1.807, 2.05) is 0 Å². The van der Waals surface area contributed by atoms with Crippen LogP contribution in [0.2, 0.25) is 0 Å². The van der Waals surface area contributed by atoms with Crippen LogP contribution >= 0.6 is 0 Å². The maximum atomic E-state index is 2.40. The fraction of sp³-hybridized carbons (Fsp3) is 0.158. The summed E-state index contributed by atoms with van der Waals surface area (Å²) in [6.07, 6.45) is 9.14. The Hall–Kier alpha value is -2.28. The first-order valence-corrected chi connectivity index (χ1v) is 7.21. The van der Waals surface area contributed by atoms with Crippen molar-refractivity contribution in [2.24, 2.45) is 0 Å². The van der Waals surface area contributed by atoms with Gasteiger partial charge in [-0.2, -0.15) is 0 Å². The lowest BCUT2D eigenvalue weighted by Gasteiger charge is -2.12. The Kier molecular flexibility index (Phi) is 2.53. The summed E-state index contributed by atoms with van der Waals surface area (Å²) in [7, 11) is 0. The molecule has 98 valence electrons. The number of aryl methyl sites for hydroxylation is 1. The van der Waals surface area contributed by atoms with E-state index in [1.54, 1.807) is 0 Å². The molecule has 3 aromatic rings. The summed E-state index contributed by atoms with van der Waals surface area (Å²) in [5.41, 5.74) is 5.21. The van der Waals surface area contributed by atoms with Crippen LogP contribution in [-0.2, 0) is 0 Å². The van der Waals surface area contributed by atoms with Gasteiger partial charge in [-0.05, 0) is 43.5 Å². The molecule has 1 heteroatoms. The smallest absolute Gasteiger partial charge is 0.0543 e. The molecule has 0 saturated carbocycles. The molecule has 0 bridgehead atoms. The number of benzene rings is 2. The third-order valence-electron chi connectivity index (χ3n) is 4.06. The lowest BCUT2D eigenvalue weighted by Crippen LogP contribution is -1.96. The summed E-state index contributed by atoms with van der Waals surface area (Å²) in [6.45, 7) is 2.16. The summed E-state index contributed by atoms with van der Waals surface area (Å²) in [5, 5.41) is 2.67. The molecule has 0 atom stereocenters. The molecule has 1 aliphatic rings. The topological polar surface area (TPSA) is 4.93 Å². The van der Waals surface area contributed by atoms with E-state index >= 15 is 0 Å². The third kappa shape index (κ3) is 1.63. The normalized spacial score (nSPS) is 14.9. The van der Waals surface area contributed by atoms with Crippen molar-refractivity contribution in [2.45, 2.75) is 19.8 Å². The average molecular weight is 259 g/mol. The number of allylic oxidation sites excluding steroid dienone is 4. The highest BCUT2D eigenvalue weighted by atomic mass is 15.0. The van der Waals surface area contributed by atoms with E-state index in [4.69, 9.17) is 0 Å². The van der Waals surface area contributed by atoms with Crippen molar-refractivity contribution in [3.63, 3.8) is 0 Å². The molecule has 0 amide bonds. The first-order chi connectivity index (χ1) is 9.84. The van der Waals surface area contributed by atoms with Crippen molar-refractivity contribution < 1.29 is 0 Å². The quantitative estimate of drug-likeness (QED) is 0.559. The van der Waals surface area contributed by atoms with Gasteiger partial charge in [0.05, 0.1) is 11.0 Å². The van der Waals surface area contributed by atoms with Gasteiger partial charge in [-0.3, -0.25) is 0 Å². The van der Waals surface area contributed by atoms with Crippen LogP contribution in [0.25, 0.3) is 27.5 Å². The zero-order chi connectivity index (χ0) is 13.5. The standard InChI is InChI=1S/C19H17N/c1-14-11-12-17-16-9-5-6-10-18(16)20(19(17)13-14)15-7-3-2-4-8-15/h3,5-13H,2,4H2,1H3. The molecule has 0 fully saturated rings. The van der Waals surface area contributed by atoms with E-state index in [0.29, 0.717) is 0 Å². The van der Waals surface area contributed by atoms with Gasteiger partial charge in [-0.1, -0.05) is 42.5 Å². The number of aromatic nitrogens is 1. The predicted octanol–water partition coefficient (Wildman–Crippen LogP) is 5.29. The highest BCUT2D eigenvalue weighted by Crippen LogP contribution is 2.33. The molecule has 0 N–H and O–H groups in total. The molecule has 0 spiro atoms. The van der Waals surface area contributed by atoms with E-state index in [2.05, 4.69) is 72.2 Å². The van der Waals surface area contributed by atoms with Gasteiger partial charge in [0.1, 0.15) is 0 Å². The second kappa shape index (κ2) is 4.38. The van der Waals surface area contributed by atoms with Crippen LogP contribution in [0.4, 0.5) is 0 Å². The van der Waals surface area contributed by atoms with E-state index in [1.165, 1.54) is 33.1 Å². The maximum absolute atomic E-state index is 2.40. The highest BCUT2D eigenvalue weighted by molar-refractivity contribution is 6.10. The molecule has 4 rings (SSSR count). The molecule has 1 aliphatic carbocycles. The number of hydrogen-bond donors (Lipinski definition) is 0. The van der Waals surface area contributed by atoms with Crippen LogP contribution in [-0.4, -0.2) is 4.57 Å². The summed E-state index contributed by atoms with van der Waals surface area (Å²) < 4.78 is 2.40. The zero-order valence-electron chi connectivity index (χ0n) is 11.6. The third-order valence-corrected chi connectivity index (χ3v) is 4.06. The number of hydrogen-bond acceptors (Lipinski definition) is 0. The number of nitrogens with zero attached hydrogens (tertiary/aromatic N) is 1. The SMILES string of the molecule is Cc1ccc2c3ccccc3n(C3=CCCC=C3)c2c1. The van der Waals surface area contributed by atoms with Crippen molar-refractivity contribution >= 4 is 27.5 Å². The van der Waals surface area contributed by atoms with Gasteiger partial charge in [0.15, 0.2) is 0 Å². The van der Waals surface area contributed by atoms with Crippen molar-refractivity contribution in [1.29, 1.82) is 0 Å². The fourth-order valence-corrected chi connectivity index (χ4v) is 3.12. The van der Waals surface area contributed by atoms with Crippen LogP contribution in [0.1, 0.15) is 18.4 Å². The first-order valence-electron chi connectivity index (χ1n) is 7.21. The summed E-state index contributed by atoms with van der Waals surface area (Å²) in [6, 6.07) is 15.4. The minimum Gasteiger partial charge on any atom is -0.310 e. The molecule has 0 saturated heterocycles. The van der Waals surface area contributed by atoms with Crippen LogP contribution in [0.3, 0.4) is 0 Å². The number of fused-ring (bicyclic) bond motifs is 3. The average Bonchev–Trinajstić information content (AvgIpc) is 2.81. The highest BCUT2D eigenvalue weighted by Gasteiger charge is 2.12. The molecule has 1 nitrogen and oxygen atoms in total. The number of para-hydroxylation sites is 1. The van der Waals surface area contributed by atoms with Gasteiger partial charge in [-0.25, -0.2) is 0 Å². The van der Waals surface area contributed by atoms with Gasteiger partial charge in [0, 0.05) is 16.5 Å². The van der Waals surface area contributed by atoms with Crippen LogP contribution in [0, 0.1) is 6.92 Å². The lowest BCUT2D eigenvalue weighted by molar-refractivity contribution is 1.02. The molecule has 1 aromatic heterocycles. The Labute approximate surface area is 118 Å². The summed E-state index contributed by atoms with van der Waals surface area (Å²) in [4.78, 5) is 0. The summed E-state index contributed by atoms with van der Waals surface area (Å²) in [5.74, 6) is 0. The van der Waals surface area contributed by atoms with Crippen molar-refractivity contribution in [1.82, 2.24) is 4.57 Å². The van der Waals surface area contributed by atoms with Gasteiger partial charge in [0.2, 0.25) is 0 Å². The van der Waals surface area contributed by atoms with Gasteiger partial charge in [-0.15, -0.1) is 0 Å². The largest absolute Gasteiger partial charge is 0.310 e. The van der Waals surface area contributed by atoms with Crippen molar-refractivity contribution in [2.75, 3.05) is 0 Å². The van der Waals surface area contributed by atoms with Gasteiger partial charge in [0.25, 0.3) is 0 Å². The van der Waals surface area contributed by atoms with Crippen molar-refractivity contribution in [3.05, 3.63) is 66.3 Å².